The van der Waals surface area contributed by atoms with Crippen molar-refractivity contribution in [1.82, 2.24) is 0 Å². The Balaban J connectivity index is 2.73. The highest BCUT2D eigenvalue weighted by Crippen LogP contribution is 1.88. The first-order valence-corrected chi connectivity index (χ1v) is 4.17. The fourth-order valence-electron chi connectivity index (χ4n) is 0.635. The van der Waals surface area contributed by atoms with E-state index in [1.165, 1.54) is 0 Å². The summed E-state index contributed by atoms with van der Waals surface area (Å²) in [7, 11) is 1.63. The van der Waals surface area contributed by atoms with Crippen molar-refractivity contribution in [1.29, 1.82) is 0 Å². The van der Waals surface area contributed by atoms with Crippen LogP contribution < -0.4 is 0 Å². The molecule has 0 aromatic carbocycles. The van der Waals surface area contributed by atoms with E-state index in [-0.39, 0.29) is 6.61 Å². The number of ether oxygens (including phenoxy) is 3. The topological polar surface area (TPSA) is 47.9 Å². The van der Waals surface area contributed by atoms with Gasteiger partial charge in [0.1, 0.15) is 6.79 Å². The first kappa shape index (κ1) is 11.8. The Labute approximate surface area is 73.4 Å². The van der Waals surface area contributed by atoms with Crippen LogP contribution in [0, 0.1) is 0 Å². The van der Waals surface area contributed by atoms with Crippen LogP contribution in [0.2, 0.25) is 0 Å². The van der Waals surface area contributed by atoms with Gasteiger partial charge >= 0.3 is 0 Å². The van der Waals surface area contributed by atoms with Crippen LogP contribution in [-0.4, -0.2) is 45.4 Å². The van der Waals surface area contributed by atoms with Gasteiger partial charge in [0.25, 0.3) is 0 Å². The Bertz CT molecular complexity index is 67.5. The Kier molecular flexibility index (Phi) is 10.7. The summed E-state index contributed by atoms with van der Waals surface area (Å²) in [5, 5.41) is 8.44. The highest BCUT2D eigenvalue weighted by molar-refractivity contribution is 4.33. The molecule has 0 amide bonds. The molecule has 1 N–H and O–H groups in total. The summed E-state index contributed by atoms with van der Waals surface area (Å²) in [6.45, 7) is 2.35. The zero-order valence-corrected chi connectivity index (χ0v) is 7.62. The maximum atomic E-state index is 8.44. The largest absolute Gasteiger partial charge is 0.396 e. The molecule has 4 heteroatoms. The lowest BCUT2D eigenvalue weighted by molar-refractivity contribution is -0.0667. The number of aliphatic hydroxyl groups is 1. The molecule has 4 nitrogen and oxygen atoms in total. The van der Waals surface area contributed by atoms with Crippen LogP contribution in [0.15, 0.2) is 0 Å². The van der Waals surface area contributed by atoms with E-state index in [4.69, 9.17) is 19.3 Å². The first-order valence-electron chi connectivity index (χ1n) is 4.17. The highest BCUT2D eigenvalue weighted by Gasteiger charge is 1.88. The van der Waals surface area contributed by atoms with Crippen LogP contribution in [0.4, 0.5) is 0 Å². The van der Waals surface area contributed by atoms with Crippen LogP contribution in [-0.2, 0) is 14.2 Å². The Morgan fingerprint density at radius 3 is 2.42 bits per heavy atom. The molecule has 0 bridgehead atoms. The fourth-order valence-corrected chi connectivity index (χ4v) is 0.635. The zero-order chi connectivity index (χ0) is 9.07. The van der Waals surface area contributed by atoms with E-state index in [1.54, 1.807) is 7.11 Å². The van der Waals surface area contributed by atoms with Crippen molar-refractivity contribution in [2.75, 3.05) is 40.3 Å². The number of hydrogen-bond acceptors (Lipinski definition) is 4. The third-order valence-corrected chi connectivity index (χ3v) is 1.30. The van der Waals surface area contributed by atoms with Crippen molar-refractivity contribution >= 4 is 0 Å². The predicted octanol–water partition coefficient (Wildman–Crippen LogP) is 0.396. The second kappa shape index (κ2) is 10.8. The highest BCUT2D eigenvalue weighted by atomic mass is 16.7. The van der Waals surface area contributed by atoms with Crippen molar-refractivity contribution in [2.45, 2.75) is 12.8 Å². The van der Waals surface area contributed by atoms with Gasteiger partial charge in [-0.3, -0.25) is 0 Å². The molecule has 0 aliphatic rings. The molecular formula is C8H18O4. The van der Waals surface area contributed by atoms with Crippen molar-refractivity contribution in [3.8, 4) is 0 Å². The van der Waals surface area contributed by atoms with Gasteiger partial charge < -0.3 is 19.3 Å². The molecule has 0 spiro atoms. The van der Waals surface area contributed by atoms with E-state index in [0.29, 0.717) is 26.6 Å². The fraction of sp³-hybridized carbons (Fsp3) is 1.00. The molecular weight excluding hydrogens is 160 g/mol. The van der Waals surface area contributed by atoms with Crippen LogP contribution in [0.5, 0.6) is 0 Å². The average molecular weight is 178 g/mol. The van der Waals surface area contributed by atoms with Gasteiger partial charge in [0, 0.05) is 20.3 Å². The first-order chi connectivity index (χ1) is 5.91. The Morgan fingerprint density at radius 2 is 1.75 bits per heavy atom. The summed E-state index contributed by atoms with van der Waals surface area (Å²) in [6.07, 6.45) is 1.67. The van der Waals surface area contributed by atoms with Crippen LogP contribution in [0.25, 0.3) is 0 Å². The third kappa shape index (κ3) is 9.84. The van der Waals surface area contributed by atoms with Gasteiger partial charge in [-0.15, -0.1) is 0 Å². The molecule has 0 atom stereocenters. The van der Waals surface area contributed by atoms with E-state index in [1.807, 2.05) is 0 Å². The molecule has 0 aliphatic heterocycles. The molecule has 0 fully saturated rings. The summed E-state index contributed by atoms with van der Waals surface area (Å²) < 4.78 is 14.9. The van der Waals surface area contributed by atoms with E-state index < -0.39 is 0 Å². The molecule has 0 rings (SSSR count). The van der Waals surface area contributed by atoms with Gasteiger partial charge in [-0.1, -0.05) is 0 Å². The molecule has 0 saturated heterocycles. The van der Waals surface area contributed by atoms with E-state index in [0.717, 1.165) is 12.8 Å². The molecule has 0 aromatic rings. The van der Waals surface area contributed by atoms with Crippen molar-refractivity contribution in [3.05, 3.63) is 0 Å². The Morgan fingerprint density at radius 1 is 1.00 bits per heavy atom. The molecule has 0 radical (unpaired) electrons. The smallest absolute Gasteiger partial charge is 0.146 e. The number of methoxy groups -OCH3 is 1. The third-order valence-electron chi connectivity index (χ3n) is 1.30. The van der Waals surface area contributed by atoms with Gasteiger partial charge in [0.15, 0.2) is 0 Å². The zero-order valence-electron chi connectivity index (χ0n) is 7.62. The summed E-state index contributed by atoms with van der Waals surface area (Å²) >= 11 is 0. The number of rotatable bonds is 9. The lowest BCUT2D eigenvalue weighted by Gasteiger charge is -2.04. The molecule has 0 aliphatic carbocycles. The number of hydrogen-bond donors (Lipinski definition) is 1. The van der Waals surface area contributed by atoms with Crippen LogP contribution in [0.3, 0.4) is 0 Å². The van der Waals surface area contributed by atoms with Gasteiger partial charge in [-0.05, 0) is 12.8 Å². The monoisotopic (exact) mass is 178 g/mol. The molecule has 12 heavy (non-hydrogen) atoms. The van der Waals surface area contributed by atoms with Crippen LogP contribution >= 0.6 is 0 Å². The molecule has 0 aromatic heterocycles. The minimum absolute atomic E-state index is 0.230. The van der Waals surface area contributed by atoms with Gasteiger partial charge in [0.2, 0.25) is 0 Å². The number of aliphatic hydroxyl groups excluding tert-OH is 1. The lowest BCUT2D eigenvalue weighted by Crippen LogP contribution is -2.06. The maximum absolute atomic E-state index is 8.44. The minimum atomic E-state index is 0.230. The minimum Gasteiger partial charge on any atom is -0.396 e. The van der Waals surface area contributed by atoms with Crippen LogP contribution in [0.1, 0.15) is 12.8 Å². The van der Waals surface area contributed by atoms with Gasteiger partial charge in [0.05, 0.1) is 13.2 Å². The van der Waals surface area contributed by atoms with Crippen molar-refractivity contribution in [3.63, 3.8) is 0 Å². The standard InChI is InChI=1S/C8H18O4/c1-10-6-7-12-8-11-5-3-2-4-9/h9H,2-8H2,1H3. The van der Waals surface area contributed by atoms with E-state index in [9.17, 15) is 0 Å². The SMILES string of the molecule is COCCOCOCCCCO. The molecule has 74 valence electrons. The average Bonchev–Trinajstić information content (AvgIpc) is 2.10. The molecule has 0 heterocycles. The molecule has 0 saturated carbocycles. The summed E-state index contributed by atoms with van der Waals surface area (Å²) in [6, 6.07) is 0. The van der Waals surface area contributed by atoms with E-state index in [2.05, 4.69) is 0 Å². The summed E-state index contributed by atoms with van der Waals surface area (Å²) in [4.78, 5) is 0. The van der Waals surface area contributed by atoms with E-state index >= 15 is 0 Å². The predicted molar refractivity (Wildman–Crippen MR) is 45.0 cm³/mol. The van der Waals surface area contributed by atoms with Gasteiger partial charge in [-0.2, -0.15) is 0 Å². The second-order valence-electron chi connectivity index (χ2n) is 2.36. The van der Waals surface area contributed by atoms with Gasteiger partial charge in [-0.25, -0.2) is 0 Å². The summed E-state index contributed by atoms with van der Waals surface area (Å²) in [5.41, 5.74) is 0. The van der Waals surface area contributed by atoms with Crippen molar-refractivity contribution in [2.24, 2.45) is 0 Å². The maximum Gasteiger partial charge on any atom is 0.146 e. The Hall–Kier alpha value is -0.160. The lowest BCUT2D eigenvalue weighted by atomic mass is 10.3. The second-order valence-corrected chi connectivity index (χ2v) is 2.36. The quantitative estimate of drug-likeness (QED) is 0.410. The molecule has 0 unspecified atom stereocenters. The number of unbranched alkanes of at least 4 members (excludes halogenated alkanes) is 1. The summed E-state index contributed by atoms with van der Waals surface area (Å²) in [5.74, 6) is 0. The normalized spacial score (nSPS) is 10.5. The van der Waals surface area contributed by atoms with Crippen molar-refractivity contribution < 1.29 is 19.3 Å².